The molecule has 0 aliphatic carbocycles. The van der Waals surface area contributed by atoms with Gasteiger partial charge in [-0.15, -0.1) is 0 Å². The van der Waals surface area contributed by atoms with E-state index in [9.17, 15) is 18.8 Å². The fourth-order valence-corrected chi connectivity index (χ4v) is 2.65. The fraction of sp³-hybridized carbons (Fsp3) is 0.190. The Morgan fingerprint density at radius 1 is 1.14 bits per heavy atom. The highest BCUT2D eigenvalue weighted by Crippen LogP contribution is 2.20. The van der Waals surface area contributed by atoms with E-state index in [0.29, 0.717) is 0 Å². The molecule has 2 rings (SSSR count). The van der Waals surface area contributed by atoms with Gasteiger partial charge in [-0.25, -0.2) is 14.0 Å². The second-order valence-electron chi connectivity index (χ2n) is 5.91. The molecule has 0 fully saturated rings. The van der Waals surface area contributed by atoms with Crippen molar-refractivity contribution in [3.05, 3.63) is 76.6 Å². The lowest BCUT2D eigenvalue weighted by Gasteiger charge is -2.16. The van der Waals surface area contributed by atoms with E-state index in [4.69, 9.17) is 21.1 Å². The number of methoxy groups -OCH3 is 1. The molecule has 8 heteroatoms. The molecule has 0 spiro atoms. The van der Waals surface area contributed by atoms with Crippen molar-refractivity contribution in [3.8, 4) is 0 Å². The van der Waals surface area contributed by atoms with Crippen molar-refractivity contribution < 1.29 is 28.2 Å². The molecule has 2 aromatic carbocycles. The summed E-state index contributed by atoms with van der Waals surface area (Å²) in [5.74, 6) is -2.76. The molecule has 6 nitrogen and oxygen atoms in total. The van der Waals surface area contributed by atoms with Crippen molar-refractivity contribution >= 4 is 35.5 Å². The summed E-state index contributed by atoms with van der Waals surface area (Å²) in [6, 6.07) is 12.2. The zero-order valence-corrected chi connectivity index (χ0v) is 16.3. The van der Waals surface area contributed by atoms with Gasteiger partial charge in [-0.05, 0) is 23.8 Å². The van der Waals surface area contributed by atoms with E-state index in [0.717, 1.165) is 17.7 Å². The van der Waals surface area contributed by atoms with Gasteiger partial charge in [0, 0.05) is 18.1 Å². The largest absolute Gasteiger partial charge is 0.467 e. The average Bonchev–Trinajstić information content (AvgIpc) is 2.71. The number of halogens is 2. The van der Waals surface area contributed by atoms with Crippen LogP contribution in [0.1, 0.15) is 11.1 Å². The second-order valence-corrected chi connectivity index (χ2v) is 6.32. The van der Waals surface area contributed by atoms with Crippen molar-refractivity contribution in [3.63, 3.8) is 0 Å². The Balaban J connectivity index is 1.90. The van der Waals surface area contributed by atoms with Crippen LogP contribution in [0.4, 0.5) is 4.39 Å². The van der Waals surface area contributed by atoms with E-state index in [2.05, 4.69) is 5.32 Å². The lowest BCUT2D eigenvalue weighted by molar-refractivity contribution is -0.147. The van der Waals surface area contributed by atoms with Gasteiger partial charge in [-0.3, -0.25) is 4.79 Å². The van der Waals surface area contributed by atoms with Crippen molar-refractivity contribution in [2.45, 2.75) is 12.5 Å². The van der Waals surface area contributed by atoms with Crippen molar-refractivity contribution in [2.75, 3.05) is 13.7 Å². The van der Waals surface area contributed by atoms with Crippen LogP contribution < -0.4 is 5.32 Å². The highest BCUT2D eigenvalue weighted by Gasteiger charge is 2.22. The molecule has 0 bridgehead atoms. The van der Waals surface area contributed by atoms with E-state index in [-0.39, 0.29) is 17.0 Å². The molecule has 1 atom stereocenters. The number of hydrogen-bond donors (Lipinski definition) is 1. The minimum atomic E-state index is -0.929. The Morgan fingerprint density at radius 3 is 2.52 bits per heavy atom. The smallest absolute Gasteiger partial charge is 0.331 e. The summed E-state index contributed by atoms with van der Waals surface area (Å²) < 4.78 is 23.2. The fourth-order valence-electron chi connectivity index (χ4n) is 2.43. The van der Waals surface area contributed by atoms with Gasteiger partial charge in [-0.1, -0.05) is 48.0 Å². The number of nitrogens with one attached hydrogen (secondary N) is 1. The summed E-state index contributed by atoms with van der Waals surface area (Å²) in [7, 11) is 1.21. The minimum Gasteiger partial charge on any atom is -0.467 e. The number of carbonyl (C=O) groups excluding carboxylic acids is 3. The van der Waals surface area contributed by atoms with E-state index in [1.54, 1.807) is 24.3 Å². The number of hydrogen-bond acceptors (Lipinski definition) is 5. The van der Waals surface area contributed by atoms with Crippen LogP contribution in [0.25, 0.3) is 6.08 Å². The maximum atomic E-state index is 13.7. The summed E-state index contributed by atoms with van der Waals surface area (Å²) in [4.78, 5) is 35.7. The normalized spacial score (nSPS) is 11.7. The summed E-state index contributed by atoms with van der Waals surface area (Å²) in [6.07, 6.45) is 2.34. The molecule has 1 amide bonds. The minimum absolute atomic E-state index is 0.0317. The Bertz CT molecular complexity index is 881. The van der Waals surface area contributed by atoms with Crippen LogP contribution in [0.2, 0.25) is 5.02 Å². The molecule has 0 aliphatic heterocycles. The predicted molar refractivity (Wildman–Crippen MR) is 105 cm³/mol. The van der Waals surface area contributed by atoms with E-state index in [1.807, 2.05) is 6.07 Å². The predicted octanol–water partition coefficient (Wildman–Crippen LogP) is 2.94. The molecule has 0 aromatic heterocycles. The number of esters is 2. The molecule has 0 saturated carbocycles. The van der Waals surface area contributed by atoms with Gasteiger partial charge >= 0.3 is 11.9 Å². The summed E-state index contributed by atoms with van der Waals surface area (Å²) in [5, 5.41) is 2.60. The molecule has 152 valence electrons. The third-order valence-corrected chi connectivity index (χ3v) is 4.16. The van der Waals surface area contributed by atoms with Gasteiger partial charge in [0.15, 0.2) is 6.61 Å². The molecule has 1 N–H and O–H groups in total. The molecule has 2 aromatic rings. The molecule has 0 radical (unpaired) electrons. The Kier molecular flexibility index (Phi) is 8.36. The highest BCUT2D eigenvalue weighted by atomic mass is 35.5. The molecule has 1 unspecified atom stereocenters. The van der Waals surface area contributed by atoms with Crippen LogP contribution in [0, 0.1) is 5.82 Å². The van der Waals surface area contributed by atoms with Gasteiger partial charge in [0.25, 0.3) is 5.91 Å². The first-order valence-electron chi connectivity index (χ1n) is 8.60. The number of rotatable bonds is 8. The van der Waals surface area contributed by atoms with E-state index >= 15 is 0 Å². The van der Waals surface area contributed by atoms with Crippen molar-refractivity contribution in [2.24, 2.45) is 0 Å². The van der Waals surface area contributed by atoms with E-state index < -0.39 is 36.3 Å². The number of carbonyl (C=O) groups is 3. The Hall–Kier alpha value is -3.19. The third kappa shape index (κ3) is 7.04. The summed E-state index contributed by atoms with van der Waals surface area (Å²) >= 11 is 5.86. The van der Waals surface area contributed by atoms with Crippen LogP contribution in [0.5, 0.6) is 0 Å². The Labute approximate surface area is 172 Å². The molecule has 0 saturated heterocycles. The zero-order chi connectivity index (χ0) is 21.2. The van der Waals surface area contributed by atoms with Gasteiger partial charge in [0.1, 0.15) is 11.9 Å². The van der Waals surface area contributed by atoms with Crippen LogP contribution in [0.3, 0.4) is 0 Å². The van der Waals surface area contributed by atoms with Crippen LogP contribution in [0.15, 0.2) is 54.6 Å². The lowest BCUT2D eigenvalue weighted by Crippen LogP contribution is -2.44. The lowest BCUT2D eigenvalue weighted by atomic mass is 10.1. The number of benzene rings is 2. The summed E-state index contributed by atoms with van der Waals surface area (Å²) in [6.45, 7) is -0.615. The third-order valence-electron chi connectivity index (χ3n) is 3.83. The highest BCUT2D eigenvalue weighted by molar-refractivity contribution is 6.32. The molecule has 0 aliphatic rings. The SMILES string of the molecule is COC(=O)C(Cc1ccccc1)NC(=O)COC(=O)/C=C/c1c(F)cccc1Cl. The number of amides is 1. The van der Waals surface area contributed by atoms with Crippen molar-refractivity contribution in [1.29, 1.82) is 0 Å². The average molecular weight is 420 g/mol. The Morgan fingerprint density at radius 2 is 1.86 bits per heavy atom. The maximum absolute atomic E-state index is 13.7. The van der Waals surface area contributed by atoms with Crippen LogP contribution in [-0.2, 0) is 30.3 Å². The first-order chi connectivity index (χ1) is 13.9. The van der Waals surface area contributed by atoms with Gasteiger partial charge in [0.2, 0.25) is 0 Å². The van der Waals surface area contributed by atoms with Gasteiger partial charge < -0.3 is 14.8 Å². The van der Waals surface area contributed by atoms with Gasteiger partial charge in [-0.2, -0.15) is 0 Å². The summed E-state index contributed by atoms with van der Waals surface area (Å²) in [5.41, 5.74) is 0.856. The second kappa shape index (κ2) is 11.0. The molecular weight excluding hydrogens is 401 g/mol. The molecular formula is C21H19ClFNO5. The van der Waals surface area contributed by atoms with Gasteiger partial charge in [0.05, 0.1) is 12.1 Å². The molecule has 29 heavy (non-hydrogen) atoms. The zero-order valence-electron chi connectivity index (χ0n) is 15.6. The van der Waals surface area contributed by atoms with E-state index in [1.165, 1.54) is 25.3 Å². The standard InChI is InChI=1S/C21H19ClFNO5/c1-28-21(27)18(12-14-6-3-2-4-7-14)24-19(25)13-29-20(26)11-10-15-16(22)8-5-9-17(15)23/h2-11,18H,12-13H2,1H3,(H,24,25)/b11-10+. The van der Waals surface area contributed by atoms with Crippen LogP contribution in [-0.4, -0.2) is 37.6 Å². The van der Waals surface area contributed by atoms with Crippen molar-refractivity contribution in [1.82, 2.24) is 5.32 Å². The first kappa shape index (κ1) is 22.1. The number of ether oxygens (including phenoxy) is 2. The quantitative estimate of drug-likeness (QED) is 0.525. The maximum Gasteiger partial charge on any atom is 0.331 e. The topological polar surface area (TPSA) is 81.7 Å². The van der Waals surface area contributed by atoms with Crippen LogP contribution >= 0.6 is 11.6 Å². The first-order valence-corrected chi connectivity index (χ1v) is 8.98. The monoisotopic (exact) mass is 419 g/mol. The molecule has 0 heterocycles.